The van der Waals surface area contributed by atoms with Gasteiger partial charge < -0.3 is 0 Å². The van der Waals surface area contributed by atoms with Gasteiger partial charge in [-0.15, -0.1) is 0 Å². The summed E-state index contributed by atoms with van der Waals surface area (Å²) in [6.07, 6.45) is 0.749. The lowest BCUT2D eigenvalue weighted by Crippen LogP contribution is -2.02. The maximum atomic E-state index is 6.21. The van der Waals surface area contributed by atoms with Gasteiger partial charge in [-0.1, -0.05) is 41.4 Å². The molecule has 2 aromatic rings. The number of rotatable bonds is 2. The fourth-order valence-electron chi connectivity index (χ4n) is 2.14. The monoisotopic (exact) mass is 276 g/mol. The van der Waals surface area contributed by atoms with Crippen molar-refractivity contribution in [2.24, 2.45) is 0 Å². The van der Waals surface area contributed by atoms with Gasteiger partial charge >= 0.3 is 0 Å². The van der Waals surface area contributed by atoms with Crippen molar-refractivity contribution in [3.05, 3.63) is 57.6 Å². The molecule has 1 aliphatic rings. The lowest BCUT2D eigenvalue weighted by atomic mass is 10.1. The fraction of sp³-hybridized carbons (Fsp3) is 0.286. The van der Waals surface area contributed by atoms with Gasteiger partial charge in [0.05, 0.1) is 5.69 Å². The SMILES string of the molecule is Cc1cccc(Cc2nc(Cl)c3c(n2)CSC3)c1. The average molecular weight is 277 g/mol. The zero-order valence-electron chi connectivity index (χ0n) is 10.1. The Balaban J connectivity index is 1.92. The minimum Gasteiger partial charge on any atom is -0.236 e. The molecule has 0 saturated carbocycles. The van der Waals surface area contributed by atoms with E-state index in [1.165, 1.54) is 11.1 Å². The van der Waals surface area contributed by atoms with Gasteiger partial charge in [0, 0.05) is 23.5 Å². The summed E-state index contributed by atoms with van der Waals surface area (Å²) in [4.78, 5) is 9.03. The van der Waals surface area contributed by atoms with Crippen LogP contribution in [0.25, 0.3) is 0 Å². The van der Waals surface area contributed by atoms with E-state index in [2.05, 4.69) is 41.2 Å². The third-order valence-electron chi connectivity index (χ3n) is 3.02. The van der Waals surface area contributed by atoms with Crippen LogP contribution in [0, 0.1) is 6.92 Å². The highest BCUT2D eigenvalue weighted by Gasteiger charge is 2.18. The van der Waals surface area contributed by atoms with Crippen molar-refractivity contribution in [2.45, 2.75) is 24.9 Å². The van der Waals surface area contributed by atoms with Gasteiger partial charge in [-0.05, 0) is 12.5 Å². The zero-order valence-corrected chi connectivity index (χ0v) is 11.7. The second-order valence-electron chi connectivity index (χ2n) is 4.51. The van der Waals surface area contributed by atoms with Crippen molar-refractivity contribution in [3.8, 4) is 0 Å². The van der Waals surface area contributed by atoms with E-state index in [-0.39, 0.29) is 0 Å². The molecule has 4 heteroatoms. The Hall–Kier alpha value is -1.06. The van der Waals surface area contributed by atoms with Crippen LogP contribution in [0.2, 0.25) is 5.15 Å². The fourth-order valence-corrected chi connectivity index (χ4v) is 3.54. The van der Waals surface area contributed by atoms with Gasteiger partial charge in [-0.25, -0.2) is 9.97 Å². The summed E-state index contributed by atoms with van der Waals surface area (Å²) in [5.74, 6) is 2.73. The van der Waals surface area contributed by atoms with Crippen LogP contribution >= 0.6 is 23.4 Å². The third kappa shape index (κ3) is 2.38. The molecular weight excluding hydrogens is 264 g/mol. The van der Waals surface area contributed by atoms with E-state index < -0.39 is 0 Å². The molecule has 92 valence electrons. The summed E-state index contributed by atoms with van der Waals surface area (Å²) >= 11 is 8.06. The van der Waals surface area contributed by atoms with Crippen molar-refractivity contribution >= 4 is 23.4 Å². The number of hydrogen-bond donors (Lipinski definition) is 0. The molecular formula is C14H13ClN2S. The molecule has 1 aromatic heterocycles. The highest BCUT2D eigenvalue weighted by Crippen LogP contribution is 2.32. The topological polar surface area (TPSA) is 25.8 Å². The number of hydrogen-bond acceptors (Lipinski definition) is 3. The molecule has 0 bridgehead atoms. The maximum absolute atomic E-state index is 6.21. The van der Waals surface area contributed by atoms with Crippen LogP contribution in [-0.2, 0) is 17.9 Å². The lowest BCUT2D eigenvalue weighted by molar-refractivity contribution is 0.927. The van der Waals surface area contributed by atoms with E-state index >= 15 is 0 Å². The summed E-state index contributed by atoms with van der Waals surface area (Å²) in [5.41, 5.74) is 4.73. The predicted octanol–water partition coefficient (Wildman–Crippen LogP) is 3.78. The van der Waals surface area contributed by atoms with Crippen LogP contribution in [0.4, 0.5) is 0 Å². The summed E-state index contributed by atoms with van der Waals surface area (Å²) in [6, 6.07) is 8.43. The Labute approximate surface area is 116 Å². The van der Waals surface area contributed by atoms with Gasteiger partial charge in [-0.2, -0.15) is 11.8 Å². The molecule has 0 fully saturated rings. The maximum Gasteiger partial charge on any atom is 0.137 e. The van der Waals surface area contributed by atoms with Gasteiger partial charge in [0.25, 0.3) is 0 Å². The highest BCUT2D eigenvalue weighted by atomic mass is 35.5. The predicted molar refractivity (Wildman–Crippen MR) is 76.0 cm³/mol. The van der Waals surface area contributed by atoms with Crippen molar-refractivity contribution in [1.29, 1.82) is 0 Å². The average Bonchev–Trinajstić information content (AvgIpc) is 2.77. The molecule has 0 N–H and O–H groups in total. The van der Waals surface area contributed by atoms with Crippen LogP contribution in [0.1, 0.15) is 28.2 Å². The molecule has 0 spiro atoms. The Bertz CT molecular complexity index is 598. The molecule has 0 saturated heterocycles. The molecule has 3 rings (SSSR count). The van der Waals surface area contributed by atoms with E-state index in [9.17, 15) is 0 Å². The first-order valence-electron chi connectivity index (χ1n) is 5.90. The molecule has 2 heterocycles. The second kappa shape index (κ2) is 4.90. The molecule has 1 aromatic carbocycles. The van der Waals surface area contributed by atoms with Crippen molar-refractivity contribution < 1.29 is 0 Å². The van der Waals surface area contributed by atoms with Gasteiger partial charge in [0.15, 0.2) is 0 Å². The van der Waals surface area contributed by atoms with Crippen molar-refractivity contribution in [3.63, 3.8) is 0 Å². The van der Waals surface area contributed by atoms with Crippen LogP contribution in [0.5, 0.6) is 0 Å². The smallest absolute Gasteiger partial charge is 0.137 e. The van der Waals surface area contributed by atoms with Gasteiger partial charge in [0.1, 0.15) is 11.0 Å². The Kier molecular flexibility index (Phi) is 3.27. The number of halogens is 1. The minimum atomic E-state index is 0.632. The molecule has 18 heavy (non-hydrogen) atoms. The van der Waals surface area contributed by atoms with E-state index in [0.717, 1.165) is 35.0 Å². The van der Waals surface area contributed by atoms with Crippen LogP contribution in [0.3, 0.4) is 0 Å². The summed E-state index contributed by atoms with van der Waals surface area (Å²) in [6.45, 7) is 2.09. The first kappa shape index (κ1) is 12.0. The molecule has 0 amide bonds. The first-order valence-corrected chi connectivity index (χ1v) is 7.43. The third-order valence-corrected chi connectivity index (χ3v) is 4.30. The zero-order chi connectivity index (χ0) is 12.5. The number of aryl methyl sites for hydroxylation is 1. The second-order valence-corrected chi connectivity index (χ2v) is 5.86. The number of fused-ring (bicyclic) bond motifs is 1. The lowest BCUT2D eigenvalue weighted by Gasteiger charge is -2.06. The van der Waals surface area contributed by atoms with E-state index in [4.69, 9.17) is 11.6 Å². The molecule has 1 aliphatic heterocycles. The summed E-state index contributed by atoms with van der Waals surface area (Å²) in [5, 5.41) is 0.632. The number of thioether (sulfide) groups is 1. The Morgan fingerprint density at radius 2 is 2.17 bits per heavy atom. The van der Waals surface area contributed by atoms with E-state index in [1.807, 2.05) is 11.8 Å². The number of nitrogens with zero attached hydrogens (tertiary/aromatic N) is 2. The number of benzene rings is 1. The van der Waals surface area contributed by atoms with Crippen LogP contribution in [0.15, 0.2) is 24.3 Å². The number of aromatic nitrogens is 2. The standard InChI is InChI=1S/C14H13ClN2S/c1-9-3-2-4-10(5-9)6-13-16-12-8-18-7-11(12)14(15)17-13/h2-5H,6-8H2,1H3. The molecule has 0 radical (unpaired) electrons. The highest BCUT2D eigenvalue weighted by molar-refractivity contribution is 7.98. The van der Waals surface area contributed by atoms with Crippen molar-refractivity contribution in [1.82, 2.24) is 9.97 Å². The molecule has 0 unspecified atom stereocenters. The first-order chi connectivity index (χ1) is 8.72. The van der Waals surface area contributed by atoms with Crippen LogP contribution in [-0.4, -0.2) is 9.97 Å². The molecule has 0 atom stereocenters. The van der Waals surface area contributed by atoms with Crippen molar-refractivity contribution in [2.75, 3.05) is 0 Å². The summed E-state index contributed by atoms with van der Waals surface area (Å²) in [7, 11) is 0. The largest absolute Gasteiger partial charge is 0.236 e. The van der Waals surface area contributed by atoms with Gasteiger partial charge in [-0.3, -0.25) is 0 Å². The van der Waals surface area contributed by atoms with E-state index in [0.29, 0.717) is 5.15 Å². The Morgan fingerprint density at radius 1 is 1.28 bits per heavy atom. The normalized spacial score (nSPS) is 13.7. The molecule has 2 nitrogen and oxygen atoms in total. The van der Waals surface area contributed by atoms with E-state index in [1.54, 1.807) is 0 Å². The van der Waals surface area contributed by atoms with Crippen LogP contribution < -0.4 is 0 Å². The minimum absolute atomic E-state index is 0.632. The quantitative estimate of drug-likeness (QED) is 0.781. The van der Waals surface area contributed by atoms with Gasteiger partial charge in [0.2, 0.25) is 0 Å². The Morgan fingerprint density at radius 3 is 3.00 bits per heavy atom. The molecule has 0 aliphatic carbocycles. The summed E-state index contributed by atoms with van der Waals surface area (Å²) < 4.78 is 0.